The Bertz CT molecular complexity index is 415. The van der Waals surface area contributed by atoms with Gasteiger partial charge in [0.1, 0.15) is 5.75 Å². The number of likely N-dealkylation sites (N-methyl/N-ethyl adjacent to an activating group) is 1. The van der Waals surface area contributed by atoms with Gasteiger partial charge in [0.15, 0.2) is 0 Å². The molecule has 1 amide bonds. The van der Waals surface area contributed by atoms with Crippen molar-refractivity contribution >= 4 is 5.91 Å². The summed E-state index contributed by atoms with van der Waals surface area (Å²) in [6.07, 6.45) is 2.15. The molecule has 1 atom stereocenters. The van der Waals surface area contributed by atoms with Crippen molar-refractivity contribution in [2.75, 3.05) is 13.7 Å². The highest BCUT2D eigenvalue weighted by Gasteiger charge is 2.16. The molecule has 0 aliphatic carbocycles. The van der Waals surface area contributed by atoms with E-state index in [-0.39, 0.29) is 5.91 Å². The molecule has 0 heterocycles. The monoisotopic (exact) mass is 262 g/mol. The molecule has 0 saturated carbocycles. The topological polar surface area (TPSA) is 55.6 Å². The van der Waals surface area contributed by atoms with Crippen molar-refractivity contribution in [2.45, 2.75) is 25.9 Å². The fraction of sp³-hybridized carbons (Fsp3) is 0.400. The van der Waals surface area contributed by atoms with E-state index in [2.05, 4.69) is 6.58 Å². The molecule has 0 radical (unpaired) electrons. The second-order valence-corrected chi connectivity index (χ2v) is 4.40. The molecular formula is C15H22N2O2. The second-order valence-electron chi connectivity index (χ2n) is 4.40. The Kier molecular flexibility index (Phi) is 6.09. The molecular weight excluding hydrogens is 240 g/mol. The SMILES string of the molecule is C=CCC(N)C(=O)N(C)Cc1ccc(OCC)cc1. The standard InChI is InChI=1S/C15H22N2O2/c1-4-6-14(16)15(18)17(3)11-12-7-9-13(10-8-12)19-5-2/h4,7-10,14H,1,5-6,11,16H2,2-3H3. The lowest BCUT2D eigenvalue weighted by Crippen LogP contribution is -2.41. The number of hydrogen-bond acceptors (Lipinski definition) is 3. The summed E-state index contributed by atoms with van der Waals surface area (Å²) < 4.78 is 5.37. The number of rotatable bonds is 7. The van der Waals surface area contributed by atoms with Crippen LogP contribution in [0.3, 0.4) is 0 Å². The predicted molar refractivity (Wildman–Crippen MR) is 76.9 cm³/mol. The first-order chi connectivity index (χ1) is 9.08. The quantitative estimate of drug-likeness (QED) is 0.764. The Morgan fingerprint density at radius 3 is 2.63 bits per heavy atom. The molecule has 1 aromatic carbocycles. The first-order valence-corrected chi connectivity index (χ1v) is 6.41. The fourth-order valence-corrected chi connectivity index (χ4v) is 1.77. The molecule has 4 nitrogen and oxygen atoms in total. The smallest absolute Gasteiger partial charge is 0.239 e. The zero-order valence-corrected chi connectivity index (χ0v) is 11.6. The van der Waals surface area contributed by atoms with E-state index < -0.39 is 6.04 Å². The number of nitrogens with zero attached hydrogens (tertiary/aromatic N) is 1. The normalized spacial score (nSPS) is 11.7. The van der Waals surface area contributed by atoms with Crippen molar-refractivity contribution in [3.05, 3.63) is 42.5 Å². The number of carbonyl (C=O) groups is 1. The summed E-state index contributed by atoms with van der Waals surface area (Å²) in [5.41, 5.74) is 6.81. The van der Waals surface area contributed by atoms with Crippen molar-refractivity contribution in [3.63, 3.8) is 0 Å². The molecule has 0 spiro atoms. The van der Waals surface area contributed by atoms with Gasteiger partial charge in [0.25, 0.3) is 0 Å². The lowest BCUT2D eigenvalue weighted by Gasteiger charge is -2.20. The van der Waals surface area contributed by atoms with Crippen LogP contribution < -0.4 is 10.5 Å². The fourth-order valence-electron chi connectivity index (χ4n) is 1.77. The molecule has 0 aliphatic rings. The highest BCUT2D eigenvalue weighted by atomic mass is 16.5. The minimum Gasteiger partial charge on any atom is -0.494 e. The molecule has 0 bridgehead atoms. The van der Waals surface area contributed by atoms with E-state index in [9.17, 15) is 4.79 Å². The van der Waals surface area contributed by atoms with E-state index in [0.29, 0.717) is 19.6 Å². The third kappa shape index (κ3) is 4.75. The van der Waals surface area contributed by atoms with Crippen molar-refractivity contribution in [3.8, 4) is 5.75 Å². The van der Waals surface area contributed by atoms with Crippen LogP contribution in [-0.4, -0.2) is 30.5 Å². The summed E-state index contributed by atoms with van der Waals surface area (Å²) in [6.45, 7) is 6.72. The van der Waals surface area contributed by atoms with E-state index in [1.54, 1.807) is 18.0 Å². The first kappa shape index (κ1) is 15.2. The van der Waals surface area contributed by atoms with Gasteiger partial charge in [-0.2, -0.15) is 0 Å². The Morgan fingerprint density at radius 2 is 2.11 bits per heavy atom. The van der Waals surface area contributed by atoms with Crippen LogP contribution >= 0.6 is 0 Å². The lowest BCUT2D eigenvalue weighted by atomic mass is 10.1. The zero-order valence-electron chi connectivity index (χ0n) is 11.6. The van der Waals surface area contributed by atoms with Crippen LogP contribution in [0.4, 0.5) is 0 Å². The van der Waals surface area contributed by atoms with E-state index in [0.717, 1.165) is 11.3 Å². The number of amides is 1. The van der Waals surface area contributed by atoms with Crippen molar-refractivity contribution in [2.24, 2.45) is 5.73 Å². The summed E-state index contributed by atoms with van der Waals surface area (Å²) in [6, 6.07) is 7.20. The second kappa shape index (κ2) is 7.59. The van der Waals surface area contributed by atoms with Crippen LogP contribution in [-0.2, 0) is 11.3 Å². The Morgan fingerprint density at radius 1 is 1.47 bits per heavy atom. The van der Waals surface area contributed by atoms with Crippen LogP contribution in [0.15, 0.2) is 36.9 Å². The first-order valence-electron chi connectivity index (χ1n) is 6.41. The van der Waals surface area contributed by atoms with Gasteiger partial charge in [-0.25, -0.2) is 0 Å². The molecule has 1 rings (SSSR count). The van der Waals surface area contributed by atoms with E-state index in [4.69, 9.17) is 10.5 Å². The van der Waals surface area contributed by atoms with E-state index in [1.807, 2.05) is 31.2 Å². The molecule has 0 aromatic heterocycles. The van der Waals surface area contributed by atoms with Crippen LogP contribution in [0.2, 0.25) is 0 Å². The van der Waals surface area contributed by atoms with Crippen molar-refractivity contribution < 1.29 is 9.53 Å². The molecule has 0 fully saturated rings. The third-order valence-electron chi connectivity index (χ3n) is 2.77. The maximum Gasteiger partial charge on any atom is 0.239 e. The van der Waals surface area contributed by atoms with Crippen molar-refractivity contribution in [1.82, 2.24) is 4.90 Å². The Hall–Kier alpha value is -1.81. The van der Waals surface area contributed by atoms with Gasteiger partial charge in [-0.05, 0) is 31.0 Å². The van der Waals surface area contributed by atoms with Gasteiger partial charge in [0.2, 0.25) is 5.91 Å². The van der Waals surface area contributed by atoms with E-state index in [1.165, 1.54) is 0 Å². The van der Waals surface area contributed by atoms with Gasteiger partial charge >= 0.3 is 0 Å². The van der Waals surface area contributed by atoms with Crippen LogP contribution in [0.25, 0.3) is 0 Å². The third-order valence-corrected chi connectivity index (χ3v) is 2.77. The molecule has 2 N–H and O–H groups in total. The number of nitrogens with two attached hydrogens (primary N) is 1. The molecule has 0 saturated heterocycles. The molecule has 4 heteroatoms. The summed E-state index contributed by atoms with van der Waals surface area (Å²) in [5, 5.41) is 0. The van der Waals surface area contributed by atoms with Gasteiger partial charge < -0.3 is 15.4 Å². The lowest BCUT2D eigenvalue weighted by molar-refractivity contribution is -0.131. The predicted octanol–water partition coefficient (Wildman–Crippen LogP) is 1.95. The van der Waals surface area contributed by atoms with Gasteiger partial charge in [-0.3, -0.25) is 4.79 Å². The summed E-state index contributed by atoms with van der Waals surface area (Å²) in [4.78, 5) is 13.6. The van der Waals surface area contributed by atoms with Crippen LogP contribution in [0.1, 0.15) is 18.9 Å². The number of carbonyl (C=O) groups excluding carboxylic acids is 1. The highest BCUT2D eigenvalue weighted by Crippen LogP contribution is 2.13. The molecule has 19 heavy (non-hydrogen) atoms. The van der Waals surface area contributed by atoms with Crippen molar-refractivity contribution in [1.29, 1.82) is 0 Å². The molecule has 0 aliphatic heterocycles. The minimum absolute atomic E-state index is 0.0752. The van der Waals surface area contributed by atoms with Gasteiger partial charge in [-0.15, -0.1) is 6.58 Å². The summed E-state index contributed by atoms with van der Waals surface area (Å²) in [7, 11) is 1.75. The minimum atomic E-state index is -0.509. The average molecular weight is 262 g/mol. The van der Waals surface area contributed by atoms with E-state index >= 15 is 0 Å². The average Bonchev–Trinajstić information content (AvgIpc) is 2.40. The largest absolute Gasteiger partial charge is 0.494 e. The maximum atomic E-state index is 11.9. The number of hydrogen-bond donors (Lipinski definition) is 1. The maximum absolute atomic E-state index is 11.9. The van der Waals surface area contributed by atoms with Gasteiger partial charge in [-0.1, -0.05) is 18.2 Å². The van der Waals surface area contributed by atoms with Gasteiger partial charge in [0, 0.05) is 13.6 Å². The molecule has 1 unspecified atom stereocenters. The highest BCUT2D eigenvalue weighted by molar-refractivity contribution is 5.81. The number of benzene rings is 1. The summed E-state index contributed by atoms with van der Waals surface area (Å²) >= 11 is 0. The summed E-state index contributed by atoms with van der Waals surface area (Å²) in [5.74, 6) is 0.761. The zero-order chi connectivity index (χ0) is 14.3. The van der Waals surface area contributed by atoms with Gasteiger partial charge in [0.05, 0.1) is 12.6 Å². The Labute approximate surface area is 114 Å². The number of ether oxygens (including phenoxy) is 1. The molecule has 1 aromatic rings. The molecule has 104 valence electrons. The Balaban J connectivity index is 2.58. The van der Waals surface area contributed by atoms with Crippen LogP contribution in [0, 0.1) is 0 Å². The van der Waals surface area contributed by atoms with Crippen LogP contribution in [0.5, 0.6) is 5.75 Å².